The zero-order valence-corrected chi connectivity index (χ0v) is 11.1. The van der Waals surface area contributed by atoms with Gasteiger partial charge in [0.05, 0.1) is 5.69 Å². The third-order valence-electron chi connectivity index (χ3n) is 4.07. The van der Waals surface area contributed by atoms with Gasteiger partial charge in [0.25, 0.3) is 0 Å². The minimum atomic E-state index is 0.550. The fourth-order valence-corrected chi connectivity index (χ4v) is 2.95. The number of likely N-dealkylation sites (tertiary alicyclic amines) is 1. The number of rotatable bonds is 4. The third kappa shape index (κ3) is 2.64. The smallest absolute Gasteiger partial charge is 0.147 e. The maximum atomic E-state index is 4.55. The lowest BCUT2D eigenvalue weighted by Crippen LogP contribution is -2.36. The number of hydrogen-bond acceptors (Lipinski definition) is 4. The van der Waals surface area contributed by atoms with Crippen LogP contribution in [-0.2, 0) is 0 Å². The zero-order valence-electron chi connectivity index (χ0n) is 11.1. The van der Waals surface area contributed by atoms with E-state index in [2.05, 4.69) is 20.2 Å². The maximum absolute atomic E-state index is 4.55. The van der Waals surface area contributed by atoms with Crippen LogP contribution < -0.4 is 5.32 Å². The van der Waals surface area contributed by atoms with E-state index in [1.807, 2.05) is 13.2 Å². The molecule has 0 unspecified atom stereocenters. The van der Waals surface area contributed by atoms with Crippen molar-refractivity contribution in [1.29, 1.82) is 0 Å². The molecule has 3 rings (SSSR count). The molecular formula is C14H22N4. The maximum Gasteiger partial charge on any atom is 0.147 e. The summed E-state index contributed by atoms with van der Waals surface area (Å²) >= 11 is 0. The zero-order chi connectivity index (χ0) is 12.4. The first-order chi connectivity index (χ1) is 8.86. The largest absolute Gasteiger partial charge is 0.372 e. The van der Waals surface area contributed by atoms with Crippen LogP contribution >= 0.6 is 0 Å². The van der Waals surface area contributed by atoms with E-state index in [9.17, 15) is 0 Å². The molecule has 2 fully saturated rings. The highest BCUT2D eigenvalue weighted by Gasteiger charge is 2.29. The lowest BCUT2D eigenvalue weighted by atomic mass is 9.94. The molecule has 0 amide bonds. The predicted octanol–water partition coefficient (Wildman–Crippen LogP) is 2.11. The first-order valence-corrected chi connectivity index (χ1v) is 7.08. The molecule has 1 N–H and O–H groups in total. The normalized spacial score (nSPS) is 25.1. The number of aromatic nitrogens is 2. The van der Waals surface area contributed by atoms with Gasteiger partial charge in [-0.05, 0) is 38.1 Å². The summed E-state index contributed by atoms with van der Waals surface area (Å²) in [5, 5.41) is 3.17. The van der Waals surface area contributed by atoms with Gasteiger partial charge in [-0.3, -0.25) is 4.98 Å². The number of piperidine rings is 1. The summed E-state index contributed by atoms with van der Waals surface area (Å²) in [6.07, 6.45) is 8.99. The van der Waals surface area contributed by atoms with Crippen LogP contribution in [0.4, 0.5) is 5.82 Å². The average Bonchev–Trinajstić information content (AvgIpc) is 3.23. The fraction of sp³-hybridized carbons (Fsp3) is 0.714. The van der Waals surface area contributed by atoms with Crippen molar-refractivity contribution in [3.8, 4) is 0 Å². The lowest BCUT2D eigenvalue weighted by Gasteiger charge is -2.32. The van der Waals surface area contributed by atoms with Gasteiger partial charge in [-0.2, -0.15) is 0 Å². The quantitative estimate of drug-likeness (QED) is 0.883. The summed E-state index contributed by atoms with van der Waals surface area (Å²) in [5.74, 6) is 2.49. The van der Waals surface area contributed by atoms with Gasteiger partial charge in [-0.1, -0.05) is 0 Å². The summed E-state index contributed by atoms with van der Waals surface area (Å²) in [5.41, 5.74) is 1.15. The molecule has 0 aromatic carbocycles. The van der Waals surface area contributed by atoms with Gasteiger partial charge in [0.15, 0.2) is 0 Å². The molecule has 1 aromatic rings. The Morgan fingerprint density at radius 2 is 2.11 bits per heavy atom. The van der Waals surface area contributed by atoms with Crippen LogP contribution in [0.1, 0.15) is 37.3 Å². The van der Waals surface area contributed by atoms with Gasteiger partial charge >= 0.3 is 0 Å². The van der Waals surface area contributed by atoms with Crippen molar-refractivity contribution in [3.63, 3.8) is 0 Å². The number of nitrogens with zero attached hydrogens (tertiary/aromatic N) is 3. The minimum Gasteiger partial charge on any atom is -0.372 e. The molecule has 0 bridgehead atoms. The molecular weight excluding hydrogens is 224 g/mol. The molecule has 0 radical (unpaired) electrons. The Balaban J connectivity index is 1.70. The second kappa shape index (κ2) is 5.22. The molecule has 4 heteroatoms. The van der Waals surface area contributed by atoms with Crippen LogP contribution in [0.2, 0.25) is 0 Å². The molecule has 18 heavy (non-hydrogen) atoms. The van der Waals surface area contributed by atoms with E-state index in [4.69, 9.17) is 0 Å². The molecule has 1 aromatic heterocycles. The molecule has 4 nitrogen and oxygen atoms in total. The molecule has 1 saturated carbocycles. The molecule has 2 heterocycles. The Morgan fingerprint density at radius 1 is 1.28 bits per heavy atom. The third-order valence-corrected chi connectivity index (χ3v) is 4.07. The van der Waals surface area contributed by atoms with Crippen LogP contribution in [0.5, 0.6) is 0 Å². The molecule has 98 valence electrons. The molecule has 1 aliphatic carbocycles. The number of hydrogen-bond donors (Lipinski definition) is 1. The van der Waals surface area contributed by atoms with Crippen LogP contribution in [0, 0.1) is 5.92 Å². The van der Waals surface area contributed by atoms with E-state index in [-0.39, 0.29) is 0 Å². The van der Waals surface area contributed by atoms with E-state index in [0.717, 1.165) is 24.0 Å². The van der Waals surface area contributed by atoms with Gasteiger partial charge in [0.2, 0.25) is 0 Å². The van der Waals surface area contributed by atoms with E-state index < -0.39 is 0 Å². The monoisotopic (exact) mass is 246 g/mol. The second-order valence-corrected chi connectivity index (χ2v) is 5.58. The molecule has 2 aliphatic rings. The van der Waals surface area contributed by atoms with Gasteiger partial charge in [0, 0.05) is 38.4 Å². The van der Waals surface area contributed by atoms with E-state index in [1.54, 1.807) is 6.20 Å². The van der Waals surface area contributed by atoms with E-state index in [1.165, 1.54) is 38.8 Å². The predicted molar refractivity (Wildman–Crippen MR) is 72.7 cm³/mol. The van der Waals surface area contributed by atoms with Crippen molar-refractivity contribution in [2.45, 2.75) is 31.6 Å². The Bertz CT molecular complexity index is 403. The Hall–Kier alpha value is -1.16. The highest BCUT2D eigenvalue weighted by Crippen LogP contribution is 2.33. The Morgan fingerprint density at radius 3 is 2.89 bits per heavy atom. The Kier molecular flexibility index (Phi) is 3.46. The lowest BCUT2D eigenvalue weighted by molar-refractivity contribution is 0.199. The molecule has 1 atom stereocenters. The standard InChI is InChI=1S/C14H22N4/c1-15-14-13(16-6-7-17-14)12-3-2-8-18(10-12)9-11-4-5-11/h6-7,11-12H,2-5,8-10H2,1H3,(H,15,17)/t12-/m0/s1. The van der Waals surface area contributed by atoms with Gasteiger partial charge in [-0.15, -0.1) is 0 Å². The SMILES string of the molecule is CNc1nccnc1[C@H]1CCCN(CC2CC2)C1. The highest BCUT2D eigenvalue weighted by atomic mass is 15.1. The highest BCUT2D eigenvalue weighted by molar-refractivity contribution is 5.41. The van der Waals surface area contributed by atoms with Crippen molar-refractivity contribution in [1.82, 2.24) is 14.9 Å². The van der Waals surface area contributed by atoms with E-state index >= 15 is 0 Å². The summed E-state index contributed by atoms with van der Waals surface area (Å²) in [6.45, 7) is 3.72. The Labute approximate surface area is 109 Å². The van der Waals surface area contributed by atoms with Crippen LogP contribution in [-0.4, -0.2) is 41.5 Å². The van der Waals surface area contributed by atoms with Crippen molar-refractivity contribution in [3.05, 3.63) is 18.1 Å². The summed E-state index contributed by atoms with van der Waals surface area (Å²) in [6, 6.07) is 0. The van der Waals surface area contributed by atoms with Gasteiger partial charge in [0.1, 0.15) is 5.82 Å². The molecule has 1 aliphatic heterocycles. The first-order valence-electron chi connectivity index (χ1n) is 7.08. The number of nitrogens with one attached hydrogen (secondary N) is 1. The number of anilines is 1. The molecule has 1 saturated heterocycles. The second-order valence-electron chi connectivity index (χ2n) is 5.58. The molecule has 0 spiro atoms. The van der Waals surface area contributed by atoms with Crippen molar-refractivity contribution in [2.24, 2.45) is 5.92 Å². The summed E-state index contributed by atoms with van der Waals surface area (Å²) in [4.78, 5) is 11.6. The minimum absolute atomic E-state index is 0.550. The van der Waals surface area contributed by atoms with Crippen molar-refractivity contribution in [2.75, 3.05) is 32.0 Å². The van der Waals surface area contributed by atoms with E-state index in [0.29, 0.717) is 5.92 Å². The van der Waals surface area contributed by atoms with Crippen LogP contribution in [0.15, 0.2) is 12.4 Å². The van der Waals surface area contributed by atoms with Crippen molar-refractivity contribution >= 4 is 5.82 Å². The fourth-order valence-electron chi connectivity index (χ4n) is 2.95. The van der Waals surface area contributed by atoms with Crippen molar-refractivity contribution < 1.29 is 0 Å². The van der Waals surface area contributed by atoms with Gasteiger partial charge in [-0.25, -0.2) is 4.98 Å². The van der Waals surface area contributed by atoms with Gasteiger partial charge < -0.3 is 10.2 Å². The van der Waals surface area contributed by atoms with Crippen LogP contribution in [0.25, 0.3) is 0 Å². The summed E-state index contributed by atoms with van der Waals surface area (Å²) < 4.78 is 0. The summed E-state index contributed by atoms with van der Waals surface area (Å²) in [7, 11) is 1.93. The first kappa shape index (κ1) is 11.9. The van der Waals surface area contributed by atoms with Crippen LogP contribution in [0.3, 0.4) is 0 Å². The average molecular weight is 246 g/mol. The topological polar surface area (TPSA) is 41.1 Å².